The van der Waals surface area contributed by atoms with Gasteiger partial charge in [0, 0.05) is 38.3 Å². The summed E-state index contributed by atoms with van der Waals surface area (Å²) in [6, 6.07) is 10.2. The molecule has 4 heterocycles. The van der Waals surface area contributed by atoms with Crippen LogP contribution in [0.3, 0.4) is 0 Å². The van der Waals surface area contributed by atoms with Gasteiger partial charge in [-0.2, -0.15) is 9.97 Å². The third-order valence-corrected chi connectivity index (χ3v) is 4.28. The van der Waals surface area contributed by atoms with Crippen LogP contribution < -0.4 is 5.73 Å². The maximum absolute atomic E-state index is 5.91. The zero-order chi connectivity index (χ0) is 14.2. The maximum atomic E-state index is 5.91. The topological polar surface area (TPSA) is 71.2 Å². The molecule has 2 aromatic rings. The first-order valence-corrected chi connectivity index (χ1v) is 7.33. The van der Waals surface area contributed by atoms with Crippen molar-refractivity contribution in [3.63, 3.8) is 0 Å². The van der Waals surface area contributed by atoms with Gasteiger partial charge in [-0.3, -0.25) is 9.80 Å². The summed E-state index contributed by atoms with van der Waals surface area (Å²) in [5.41, 5.74) is 6.88. The molecule has 6 nitrogen and oxygen atoms in total. The van der Waals surface area contributed by atoms with Gasteiger partial charge in [0.15, 0.2) is 11.6 Å². The molecule has 1 unspecified atom stereocenters. The lowest BCUT2D eigenvalue weighted by Crippen LogP contribution is -2.57. The molecular formula is C15H18N6. The van der Waals surface area contributed by atoms with Crippen molar-refractivity contribution in [1.82, 2.24) is 24.8 Å². The lowest BCUT2D eigenvalue weighted by Gasteiger charge is -2.46. The summed E-state index contributed by atoms with van der Waals surface area (Å²) in [7, 11) is 0. The average Bonchev–Trinajstić information content (AvgIpc) is 2.56. The minimum absolute atomic E-state index is 0.236. The first-order chi connectivity index (χ1) is 10.3. The zero-order valence-electron chi connectivity index (χ0n) is 11.8. The fraction of sp³-hybridized carbons (Fsp3) is 0.400. The molecule has 3 saturated heterocycles. The number of anilines is 1. The highest BCUT2D eigenvalue weighted by Crippen LogP contribution is 2.28. The Kier molecular flexibility index (Phi) is 3.05. The first-order valence-electron chi connectivity index (χ1n) is 7.33. The number of nitrogens with zero attached hydrogens (tertiary/aromatic N) is 5. The third kappa shape index (κ3) is 2.36. The van der Waals surface area contributed by atoms with Crippen LogP contribution in [0.25, 0.3) is 11.4 Å². The molecule has 6 heteroatoms. The quantitative estimate of drug-likeness (QED) is 0.878. The van der Waals surface area contributed by atoms with Crippen molar-refractivity contribution in [1.29, 1.82) is 0 Å². The van der Waals surface area contributed by atoms with Crippen LogP contribution in [0, 0.1) is 0 Å². The molecular weight excluding hydrogens is 264 g/mol. The summed E-state index contributed by atoms with van der Waals surface area (Å²) in [6.07, 6.45) is 0. The van der Waals surface area contributed by atoms with E-state index in [1.165, 1.54) is 0 Å². The minimum Gasteiger partial charge on any atom is -0.368 e. The van der Waals surface area contributed by atoms with E-state index < -0.39 is 0 Å². The fourth-order valence-electron chi connectivity index (χ4n) is 3.14. The molecule has 21 heavy (non-hydrogen) atoms. The van der Waals surface area contributed by atoms with Gasteiger partial charge in [0.25, 0.3) is 0 Å². The van der Waals surface area contributed by atoms with Crippen LogP contribution in [0.5, 0.6) is 0 Å². The summed E-state index contributed by atoms with van der Waals surface area (Å²) in [6.45, 7) is 5.43. The van der Waals surface area contributed by atoms with Crippen LogP contribution >= 0.6 is 0 Å². The molecule has 108 valence electrons. The minimum atomic E-state index is 0.236. The zero-order valence-corrected chi connectivity index (χ0v) is 11.8. The highest BCUT2D eigenvalue weighted by Gasteiger charge is 2.34. The Balaban J connectivity index is 1.71. The van der Waals surface area contributed by atoms with E-state index in [0.29, 0.717) is 11.8 Å². The van der Waals surface area contributed by atoms with E-state index in [-0.39, 0.29) is 6.04 Å². The Bertz CT molecular complexity index is 636. The molecule has 0 aliphatic carbocycles. The largest absolute Gasteiger partial charge is 0.368 e. The molecule has 1 aromatic heterocycles. The molecule has 0 spiro atoms. The number of piperazine rings is 3. The van der Waals surface area contributed by atoms with Crippen molar-refractivity contribution in [3.05, 3.63) is 36.2 Å². The van der Waals surface area contributed by atoms with Gasteiger partial charge in [-0.1, -0.05) is 30.3 Å². The van der Waals surface area contributed by atoms with Crippen molar-refractivity contribution in [3.8, 4) is 11.4 Å². The van der Waals surface area contributed by atoms with Gasteiger partial charge in [-0.05, 0) is 0 Å². The second-order valence-corrected chi connectivity index (χ2v) is 5.59. The van der Waals surface area contributed by atoms with Crippen molar-refractivity contribution < 1.29 is 0 Å². The van der Waals surface area contributed by atoms with E-state index in [0.717, 1.165) is 44.1 Å². The Morgan fingerprint density at radius 2 is 1.71 bits per heavy atom. The van der Waals surface area contributed by atoms with E-state index in [1.54, 1.807) is 0 Å². The second-order valence-electron chi connectivity index (χ2n) is 5.59. The molecule has 3 aliphatic rings. The number of benzene rings is 1. The summed E-state index contributed by atoms with van der Waals surface area (Å²) in [4.78, 5) is 18.3. The van der Waals surface area contributed by atoms with Gasteiger partial charge >= 0.3 is 0 Å². The molecule has 0 radical (unpaired) electrons. The standard InChI is InChI=1S/C15H18N6/c16-15-18-13(11-4-2-1-3-5-11)17-14(19-15)12-10-20-6-8-21(12)9-7-20/h1-5,12H,6-10H2,(H2,16,17,18,19). The number of nitrogens with two attached hydrogens (primary N) is 1. The monoisotopic (exact) mass is 282 g/mol. The number of aromatic nitrogens is 3. The van der Waals surface area contributed by atoms with Crippen LogP contribution in [-0.2, 0) is 0 Å². The maximum Gasteiger partial charge on any atom is 0.223 e. The predicted molar refractivity (Wildman–Crippen MR) is 80.4 cm³/mol. The highest BCUT2D eigenvalue weighted by atomic mass is 15.4. The second kappa shape index (κ2) is 5.05. The summed E-state index contributed by atoms with van der Waals surface area (Å²) < 4.78 is 0. The Labute approximate surface area is 123 Å². The molecule has 2 N–H and O–H groups in total. The highest BCUT2D eigenvalue weighted by molar-refractivity contribution is 5.55. The summed E-state index contributed by atoms with van der Waals surface area (Å²) >= 11 is 0. The fourth-order valence-corrected chi connectivity index (χ4v) is 3.14. The van der Waals surface area contributed by atoms with Crippen molar-refractivity contribution in [2.45, 2.75) is 6.04 Å². The predicted octanol–water partition coefficient (Wildman–Crippen LogP) is 0.793. The number of nitrogen functional groups attached to an aromatic ring is 1. The van der Waals surface area contributed by atoms with Gasteiger partial charge in [0.05, 0.1) is 6.04 Å². The van der Waals surface area contributed by atoms with Crippen LogP contribution in [0.15, 0.2) is 30.3 Å². The first kappa shape index (κ1) is 12.7. The van der Waals surface area contributed by atoms with Crippen molar-refractivity contribution in [2.75, 3.05) is 38.5 Å². The van der Waals surface area contributed by atoms with Crippen molar-refractivity contribution in [2.24, 2.45) is 0 Å². The normalized spacial score (nSPS) is 27.7. The lowest BCUT2D eigenvalue weighted by atomic mass is 10.1. The lowest BCUT2D eigenvalue weighted by molar-refractivity contribution is 0.00868. The number of hydrogen-bond acceptors (Lipinski definition) is 6. The van der Waals surface area contributed by atoms with Crippen LogP contribution in [0.1, 0.15) is 11.9 Å². The summed E-state index contributed by atoms with van der Waals surface area (Å²) in [5.74, 6) is 1.76. The Morgan fingerprint density at radius 3 is 2.38 bits per heavy atom. The average molecular weight is 282 g/mol. The van der Waals surface area contributed by atoms with Crippen LogP contribution in [0.4, 0.5) is 5.95 Å². The van der Waals surface area contributed by atoms with Gasteiger partial charge in [0.1, 0.15) is 0 Å². The molecule has 0 amide bonds. The SMILES string of the molecule is Nc1nc(-c2ccccc2)nc(C2CN3CCN2CC3)n1. The number of rotatable bonds is 2. The number of fused-ring (bicyclic) bond motifs is 3. The van der Waals surface area contributed by atoms with Gasteiger partial charge in [-0.25, -0.2) is 4.98 Å². The van der Waals surface area contributed by atoms with Crippen molar-refractivity contribution >= 4 is 5.95 Å². The molecule has 2 bridgehead atoms. The van der Waals surface area contributed by atoms with Gasteiger partial charge in [-0.15, -0.1) is 0 Å². The molecule has 1 aromatic carbocycles. The van der Waals surface area contributed by atoms with Crippen LogP contribution in [-0.4, -0.2) is 57.5 Å². The molecule has 3 aliphatic heterocycles. The Hall–Kier alpha value is -2.05. The summed E-state index contributed by atoms with van der Waals surface area (Å²) in [5, 5.41) is 0. The smallest absolute Gasteiger partial charge is 0.223 e. The van der Waals surface area contributed by atoms with Crippen LogP contribution in [0.2, 0.25) is 0 Å². The molecule has 1 atom stereocenters. The van der Waals surface area contributed by atoms with Gasteiger partial charge in [0.2, 0.25) is 5.95 Å². The Morgan fingerprint density at radius 1 is 0.952 bits per heavy atom. The third-order valence-electron chi connectivity index (χ3n) is 4.28. The van der Waals surface area contributed by atoms with E-state index in [4.69, 9.17) is 5.73 Å². The van der Waals surface area contributed by atoms with E-state index >= 15 is 0 Å². The molecule has 0 saturated carbocycles. The molecule has 5 rings (SSSR count). The molecule has 3 fully saturated rings. The van der Waals surface area contributed by atoms with E-state index in [9.17, 15) is 0 Å². The van der Waals surface area contributed by atoms with E-state index in [1.807, 2.05) is 30.3 Å². The van der Waals surface area contributed by atoms with E-state index in [2.05, 4.69) is 24.8 Å². The number of hydrogen-bond donors (Lipinski definition) is 1. The van der Waals surface area contributed by atoms with Gasteiger partial charge < -0.3 is 5.73 Å².